The van der Waals surface area contributed by atoms with Crippen LogP contribution in [0.1, 0.15) is 24.4 Å². The van der Waals surface area contributed by atoms with Crippen molar-refractivity contribution in [3.63, 3.8) is 0 Å². The highest BCUT2D eigenvalue weighted by Gasteiger charge is 2.36. The van der Waals surface area contributed by atoms with Crippen LogP contribution in [0.15, 0.2) is 47.7 Å². The van der Waals surface area contributed by atoms with E-state index in [1.54, 1.807) is 37.8 Å². The van der Waals surface area contributed by atoms with Gasteiger partial charge in [0.15, 0.2) is 0 Å². The lowest BCUT2D eigenvalue weighted by atomic mass is 9.75. The van der Waals surface area contributed by atoms with Gasteiger partial charge in [-0.05, 0) is 36.5 Å². The Labute approximate surface area is 145 Å². The second-order valence-electron chi connectivity index (χ2n) is 6.26. The Bertz CT molecular complexity index is 799. The maximum absolute atomic E-state index is 12.4. The Morgan fingerprint density at radius 3 is 2.92 bits per heavy atom. The molecule has 0 aromatic carbocycles. The van der Waals surface area contributed by atoms with Crippen LogP contribution in [0.2, 0.25) is 0 Å². The van der Waals surface area contributed by atoms with E-state index in [2.05, 4.69) is 10.3 Å². The lowest BCUT2D eigenvalue weighted by Crippen LogP contribution is -2.43. The molecular weight excluding hydrogens is 322 g/mol. The Morgan fingerprint density at radius 1 is 1.44 bits per heavy atom. The third-order valence-electron chi connectivity index (χ3n) is 4.48. The van der Waals surface area contributed by atoms with Crippen LogP contribution in [0.5, 0.6) is 5.75 Å². The van der Waals surface area contributed by atoms with E-state index < -0.39 is 0 Å². The molecule has 7 nitrogen and oxygen atoms in total. The van der Waals surface area contributed by atoms with Crippen molar-refractivity contribution in [2.45, 2.75) is 31.5 Å². The molecule has 1 aliphatic carbocycles. The summed E-state index contributed by atoms with van der Waals surface area (Å²) in [5.41, 5.74) is 0.598. The van der Waals surface area contributed by atoms with Gasteiger partial charge in [-0.1, -0.05) is 6.07 Å². The summed E-state index contributed by atoms with van der Waals surface area (Å²) in [4.78, 5) is 28.4. The van der Waals surface area contributed by atoms with Crippen LogP contribution in [0.4, 0.5) is 0 Å². The first-order valence-corrected chi connectivity index (χ1v) is 8.18. The molecule has 0 bridgehead atoms. The largest absolute Gasteiger partial charge is 0.495 e. The van der Waals surface area contributed by atoms with Crippen LogP contribution in [0.3, 0.4) is 0 Å². The molecule has 25 heavy (non-hydrogen) atoms. The van der Waals surface area contributed by atoms with Gasteiger partial charge in [0.25, 0.3) is 5.56 Å². The quantitative estimate of drug-likeness (QED) is 0.812. The average Bonchev–Trinajstić information content (AvgIpc) is 2.59. The molecule has 0 saturated heterocycles. The summed E-state index contributed by atoms with van der Waals surface area (Å²) in [5, 5.41) is 12.6. The average molecular weight is 343 g/mol. The van der Waals surface area contributed by atoms with Crippen LogP contribution in [-0.4, -0.2) is 33.8 Å². The van der Waals surface area contributed by atoms with Gasteiger partial charge in [-0.3, -0.25) is 14.6 Å². The normalized spacial score (nSPS) is 20.4. The standard InChI is InChI=1S/C18H21N3O4/c1-25-15-8-13(9-19-10-15)18(12-6-14(22)7-12)20-16(23)11-21-5-3-2-4-17(21)24/h2-5,8-10,12,14,18,22H,6-7,11H2,1H3,(H,20,23). The second kappa shape index (κ2) is 7.48. The van der Waals surface area contributed by atoms with E-state index in [1.165, 1.54) is 10.6 Å². The number of aliphatic hydroxyl groups excluding tert-OH is 1. The summed E-state index contributed by atoms with van der Waals surface area (Å²) >= 11 is 0. The maximum Gasteiger partial charge on any atom is 0.250 e. The van der Waals surface area contributed by atoms with Gasteiger partial charge in [0.1, 0.15) is 12.3 Å². The van der Waals surface area contributed by atoms with E-state index in [-0.39, 0.29) is 36.1 Å². The van der Waals surface area contributed by atoms with Gasteiger partial charge in [-0.15, -0.1) is 0 Å². The fourth-order valence-electron chi connectivity index (χ4n) is 3.06. The molecule has 1 aliphatic rings. The number of aliphatic hydroxyl groups is 1. The number of pyridine rings is 2. The van der Waals surface area contributed by atoms with E-state index >= 15 is 0 Å². The molecule has 132 valence electrons. The predicted molar refractivity (Wildman–Crippen MR) is 91.1 cm³/mol. The van der Waals surface area contributed by atoms with Crippen molar-refractivity contribution in [3.05, 3.63) is 58.8 Å². The molecule has 7 heteroatoms. The zero-order chi connectivity index (χ0) is 17.8. The summed E-state index contributed by atoms with van der Waals surface area (Å²) in [6, 6.07) is 6.31. The third kappa shape index (κ3) is 4.06. The number of methoxy groups -OCH3 is 1. The minimum absolute atomic E-state index is 0.0527. The number of carbonyl (C=O) groups is 1. The predicted octanol–water partition coefficient (Wildman–Crippen LogP) is 0.880. The number of hydrogen-bond donors (Lipinski definition) is 2. The van der Waals surface area contributed by atoms with Crippen molar-refractivity contribution in [3.8, 4) is 5.75 Å². The third-order valence-corrected chi connectivity index (χ3v) is 4.48. The van der Waals surface area contributed by atoms with Gasteiger partial charge in [0.05, 0.1) is 25.5 Å². The zero-order valence-corrected chi connectivity index (χ0v) is 14.0. The fourth-order valence-corrected chi connectivity index (χ4v) is 3.06. The van der Waals surface area contributed by atoms with Crippen molar-refractivity contribution in [1.29, 1.82) is 0 Å². The Morgan fingerprint density at radius 2 is 2.24 bits per heavy atom. The molecule has 2 aromatic rings. The first-order valence-electron chi connectivity index (χ1n) is 8.18. The van der Waals surface area contributed by atoms with Crippen LogP contribution in [0, 0.1) is 5.92 Å². The van der Waals surface area contributed by atoms with Crippen molar-refractivity contribution < 1.29 is 14.6 Å². The Kier molecular flexibility index (Phi) is 5.14. The lowest BCUT2D eigenvalue weighted by molar-refractivity contribution is -0.123. The molecule has 3 rings (SSSR count). The molecule has 0 aliphatic heterocycles. The van der Waals surface area contributed by atoms with Gasteiger partial charge in [-0.2, -0.15) is 0 Å². The minimum Gasteiger partial charge on any atom is -0.495 e. The molecule has 1 atom stereocenters. The molecule has 1 unspecified atom stereocenters. The zero-order valence-electron chi connectivity index (χ0n) is 14.0. The first kappa shape index (κ1) is 17.2. The number of aromatic nitrogens is 2. The van der Waals surface area contributed by atoms with Gasteiger partial charge in [0.2, 0.25) is 5.91 Å². The van der Waals surface area contributed by atoms with Crippen molar-refractivity contribution >= 4 is 5.91 Å². The van der Waals surface area contributed by atoms with Gasteiger partial charge in [0, 0.05) is 18.5 Å². The SMILES string of the molecule is COc1cncc(C(NC(=O)Cn2ccccc2=O)C2CC(O)C2)c1. The molecule has 2 N–H and O–H groups in total. The Hall–Kier alpha value is -2.67. The summed E-state index contributed by atoms with van der Waals surface area (Å²) in [5.74, 6) is 0.471. The summed E-state index contributed by atoms with van der Waals surface area (Å²) < 4.78 is 6.56. The van der Waals surface area contributed by atoms with Crippen LogP contribution in [0.25, 0.3) is 0 Å². The molecule has 0 spiro atoms. The number of nitrogens with one attached hydrogen (secondary N) is 1. The summed E-state index contributed by atoms with van der Waals surface area (Å²) in [6.07, 6.45) is 5.77. The number of carbonyl (C=O) groups excluding carboxylic acids is 1. The van der Waals surface area contributed by atoms with Gasteiger partial charge in [-0.25, -0.2) is 0 Å². The second-order valence-corrected chi connectivity index (χ2v) is 6.26. The van der Waals surface area contributed by atoms with Crippen molar-refractivity contribution in [1.82, 2.24) is 14.9 Å². The first-order chi connectivity index (χ1) is 12.1. The Balaban J connectivity index is 1.76. The fraction of sp³-hybridized carbons (Fsp3) is 0.389. The van der Waals surface area contributed by atoms with Gasteiger partial charge < -0.3 is 19.7 Å². The van der Waals surface area contributed by atoms with E-state index in [1.807, 2.05) is 6.07 Å². The van der Waals surface area contributed by atoms with Crippen LogP contribution >= 0.6 is 0 Å². The molecule has 1 saturated carbocycles. The highest BCUT2D eigenvalue weighted by molar-refractivity contribution is 5.76. The summed E-state index contributed by atoms with van der Waals surface area (Å²) in [7, 11) is 1.56. The molecular formula is C18H21N3O4. The topological polar surface area (TPSA) is 93.5 Å². The molecule has 0 radical (unpaired) electrons. The van der Waals surface area contributed by atoms with E-state index in [0.29, 0.717) is 18.6 Å². The lowest BCUT2D eigenvalue weighted by Gasteiger charge is -2.38. The van der Waals surface area contributed by atoms with E-state index in [9.17, 15) is 14.7 Å². The number of ether oxygens (including phenoxy) is 1. The smallest absolute Gasteiger partial charge is 0.250 e. The van der Waals surface area contributed by atoms with Crippen molar-refractivity contribution in [2.75, 3.05) is 7.11 Å². The minimum atomic E-state index is -0.334. The molecule has 1 fully saturated rings. The number of nitrogens with zero attached hydrogens (tertiary/aromatic N) is 2. The number of hydrogen-bond acceptors (Lipinski definition) is 5. The van der Waals surface area contributed by atoms with Crippen LogP contribution in [-0.2, 0) is 11.3 Å². The van der Waals surface area contributed by atoms with Crippen LogP contribution < -0.4 is 15.6 Å². The van der Waals surface area contributed by atoms with Gasteiger partial charge >= 0.3 is 0 Å². The molecule has 1 amide bonds. The number of rotatable bonds is 6. The maximum atomic E-state index is 12.4. The summed E-state index contributed by atoms with van der Waals surface area (Å²) in [6.45, 7) is -0.0527. The molecule has 2 aromatic heterocycles. The monoisotopic (exact) mass is 343 g/mol. The highest BCUT2D eigenvalue weighted by Crippen LogP contribution is 2.38. The van der Waals surface area contributed by atoms with Crippen molar-refractivity contribution in [2.24, 2.45) is 5.92 Å². The number of amides is 1. The van der Waals surface area contributed by atoms with E-state index in [4.69, 9.17) is 4.74 Å². The molecule has 2 heterocycles. The highest BCUT2D eigenvalue weighted by atomic mass is 16.5. The van der Waals surface area contributed by atoms with E-state index in [0.717, 1.165) is 5.56 Å².